The summed E-state index contributed by atoms with van der Waals surface area (Å²) in [6, 6.07) is 7.89. The third kappa shape index (κ3) is 6.64. The van der Waals surface area contributed by atoms with Gasteiger partial charge < -0.3 is 9.47 Å². The van der Waals surface area contributed by atoms with E-state index in [9.17, 15) is 0 Å². The lowest BCUT2D eigenvalue weighted by Gasteiger charge is -2.12. The van der Waals surface area contributed by atoms with Crippen LogP contribution in [0.1, 0.15) is 25.7 Å². The van der Waals surface area contributed by atoms with Crippen molar-refractivity contribution in [1.82, 2.24) is 0 Å². The number of halogens is 2. The molecule has 4 heteroatoms. The van der Waals surface area contributed by atoms with Gasteiger partial charge in [0.15, 0.2) is 11.5 Å². The zero-order valence-corrected chi connectivity index (χ0v) is 13.7. The van der Waals surface area contributed by atoms with Gasteiger partial charge >= 0.3 is 0 Å². The molecule has 102 valence electrons. The van der Waals surface area contributed by atoms with Crippen LogP contribution in [0.2, 0.25) is 0 Å². The minimum Gasteiger partial charge on any atom is -0.490 e. The first kappa shape index (κ1) is 15.8. The first-order chi connectivity index (χ1) is 8.88. The maximum atomic E-state index is 5.74. The van der Waals surface area contributed by atoms with Crippen LogP contribution in [0.4, 0.5) is 0 Å². The summed E-state index contributed by atoms with van der Waals surface area (Å²) in [7, 11) is 0. The zero-order valence-electron chi connectivity index (χ0n) is 10.5. The molecule has 0 bridgehead atoms. The minimum absolute atomic E-state index is 0.743. The van der Waals surface area contributed by atoms with Crippen LogP contribution in [-0.2, 0) is 0 Å². The lowest BCUT2D eigenvalue weighted by molar-refractivity contribution is 0.262. The van der Waals surface area contributed by atoms with E-state index in [-0.39, 0.29) is 0 Å². The van der Waals surface area contributed by atoms with Gasteiger partial charge in [-0.25, -0.2) is 0 Å². The van der Waals surface area contributed by atoms with E-state index in [0.717, 1.165) is 61.1 Å². The molecule has 2 nitrogen and oxygen atoms in total. The Morgan fingerprint density at radius 3 is 1.56 bits per heavy atom. The van der Waals surface area contributed by atoms with Crippen molar-refractivity contribution in [2.45, 2.75) is 25.7 Å². The highest BCUT2D eigenvalue weighted by molar-refractivity contribution is 9.09. The molecule has 0 saturated carbocycles. The van der Waals surface area contributed by atoms with E-state index in [0.29, 0.717) is 0 Å². The highest BCUT2D eigenvalue weighted by atomic mass is 79.9. The molecular weight excluding hydrogens is 360 g/mol. The quantitative estimate of drug-likeness (QED) is 0.429. The molecule has 0 aliphatic rings. The summed E-state index contributed by atoms with van der Waals surface area (Å²) in [5.41, 5.74) is 0. The monoisotopic (exact) mass is 378 g/mol. The van der Waals surface area contributed by atoms with Crippen molar-refractivity contribution in [3.05, 3.63) is 24.3 Å². The second kappa shape index (κ2) is 10.7. The second-order valence-electron chi connectivity index (χ2n) is 3.94. The lowest BCUT2D eigenvalue weighted by Crippen LogP contribution is -2.02. The Bertz CT molecular complexity index is 287. The fraction of sp³-hybridized carbons (Fsp3) is 0.571. The summed E-state index contributed by atoms with van der Waals surface area (Å²) < 4.78 is 11.5. The molecule has 18 heavy (non-hydrogen) atoms. The average molecular weight is 380 g/mol. The summed E-state index contributed by atoms with van der Waals surface area (Å²) in [5.74, 6) is 1.71. The molecule has 1 rings (SSSR count). The van der Waals surface area contributed by atoms with Gasteiger partial charge in [-0.05, 0) is 37.8 Å². The van der Waals surface area contributed by atoms with E-state index in [2.05, 4.69) is 31.9 Å². The van der Waals surface area contributed by atoms with E-state index >= 15 is 0 Å². The molecule has 0 amide bonds. The summed E-state index contributed by atoms with van der Waals surface area (Å²) in [6.45, 7) is 1.49. The standard InChI is InChI=1S/C14H20Br2O2/c15-9-3-5-11-17-13-7-1-2-8-14(13)18-12-6-4-10-16/h1-2,7-8H,3-6,9-12H2. The first-order valence-corrected chi connectivity index (χ1v) is 8.59. The molecule has 1 aromatic rings. The number of para-hydroxylation sites is 2. The number of unbranched alkanes of at least 4 members (excludes halogenated alkanes) is 2. The van der Waals surface area contributed by atoms with E-state index < -0.39 is 0 Å². The Morgan fingerprint density at radius 2 is 1.17 bits per heavy atom. The van der Waals surface area contributed by atoms with Crippen molar-refractivity contribution in [3.63, 3.8) is 0 Å². The molecule has 0 aliphatic carbocycles. The van der Waals surface area contributed by atoms with Gasteiger partial charge in [0, 0.05) is 10.7 Å². The molecule has 0 fully saturated rings. The maximum Gasteiger partial charge on any atom is 0.161 e. The van der Waals surface area contributed by atoms with Crippen LogP contribution < -0.4 is 9.47 Å². The van der Waals surface area contributed by atoms with E-state index in [4.69, 9.17) is 9.47 Å². The second-order valence-corrected chi connectivity index (χ2v) is 5.52. The lowest BCUT2D eigenvalue weighted by atomic mass is 10.3. The topological polar surface area (TPSA) is 18.5 Å². The van der Waals surface area contributed by atoms with Crippen molar-refractivity contribution in [2.75, 3.05) is 23.9 Å². The number of alkyl halides is 2. The number of benzene rings is 1. The highest BCUT2D eigenvalue weighted by Gasteiger charge is 2.03. The van der Waals surface area contributed by atoms with E-state index in [1.54, 1.807) is 0 Å². The van der Waals surface area contributed by atoms with Crippen molar-refractivity contribution < 1.29 is 9.47 Å². The molecule has 0 spiro atoms. The van der Waals surface area contributed by atoms with Crippen molar-refractivity contribution in [2.24, 2.45) is 0 Å². The zero-order chi connectivity index (χ0) is 13.1. The summed E-state index contributed by atoms with van der Waals surface area (Å²) in [5, 5.41) is 2.06. The molecule has 0 aliphatic heterocycles. The van der Waals surface area contributed by atoms with Crippen LogP contribution in [0, 0.1) is 0 Å². The Kier molecular flexibility index (Phi) is 9.40. The smallest absolute Gasteiger partial charge is 0.161 e. The highest BCUT2D eigenvalue weighted by Crippen LogP contribution is 2.26. The van der Waals surface area contributed by atoms with Gasteiger partial charge in [0.2, 0.25) is 0 Å². The van der Waals surface area contributed by atoms with Crippen molar-refractivity contribution >= 4 is 31.9 Å². The van der Waals surface area contributed by atoms with Crippen molar-refractivity contribution in [3.8, 4) is 11.5 Å². The molecule has 0 aromatic heterocycles. The van der Waals surface area contributed by atoms with Crippen LogP contribution in [-0.4, -0.2) is 23.9 Å². The van der Waals surface area contributed by atoms with Gasteiger partial charge in [-0.1, -0.05) is 44.0 Å². The third-order valence-corrected chi connectivity index (χ3v) is 3.54. The van der Waals surface area contributed by atoms with Crippen LogP contribution in [0.25, 0.3) is 0 Å². The Labute approximate surface area is 126 Å². The third-order valence-electron chi connectivity index (χ3n) is 2.42. The molecule has 1 aromatic carbocycles. The van der Waals surface area contributed by atoms with Crippen LogP contribution >= 0.6 is 31.9 Å². The van der Waals surface area contributed by atoms with Gasteiger partial charge in [0.05, 0.1) is 13.2 Å². The largest absolute Gasteiger partial charge is 0.490 e. The predicted octanol–water partition coefficient (Wildman–Crippen LogP) is 4.79. The fourth-order valence-corrected chi connectivity index (χ4v) is 2.24. The van der Waals surface area contributed by atoms with E-state index in [1.165, 1.54) is 0 Å². The normalized spacial score (nSPS) is 10.3. The average Bonchev–Trinajstić information content (AvgIpc) is 2.41. The minimum atomic E-state index is 0.743. The molecule has 0 heterocycles. The Morgan fingerprint density at radius 1 is 0.722 bits per heavy atom. The summed E-state index contributed by atoms with van der Waals surface area (Å²) in [6.07, 6.45) is 4.38. The molecule has 0 N–H and O–H groups in total. The molecule has 0 atom stereocenters. The van der Waals surface area contributed by atoms with Crippen LogP contribution in [0.5, 0.6) is 11.5 Å². The molecule has 0 saturated heterocycles. The van der Waals surface area contributed by atoms with Crippen molar-refractivity contribution in [1.29, 1.82) is 0 Å². The summed E-state index contributed by atoms with van der Waals surface area (Å²) in [4.78, 5) is 0. The Balaban J connectivity index is 2.36. The number of ether oxygens (including phenoxy) is 2. The van der Waals surface area contributed by atoms with Gasteiger partial charge in [0.25, 0.3) is 0 Å². The predicted molar refractivity (Wildman–Crippen MR) is 83.5 cm³/mol. The SMILES string of the molecule is BrCCCCOc1ccccc1OCCCCBr. The molecule has 0 unspecified atom stereocenters. The molecular formula is C14H20Br2O2. The number of hydrogen-bond acceptors (Lipinski definition) is 2. The first-order valence-electron chi connectivity index (χ1n) is 6.35. The van der Waals surface area contributed by atoms with E-state index in [1.807, 2.05) is 24.3 Å². The van der Waals surface area contributed by atoms with Crippen LogP contribution in [0.15, 0.2) is 24.3 Å². The maximum absolute atomic E-state index is 5.74. The fourth-order valence-electron chi connectivity index (χ4n) is 1.45. The number of hydrogen-bond donors (Lipinski definition) is 0. The summed E-state index contributed by atoms with van der Waals surface area (Å²) >= 11 is 6.83. The van der Waals surface area contributed by atoms with Gasteiger partial charge in [-0.3, -0.25) is 0 Å². The molecule has 0 radical (unpaired) electrons. The van der Waals surface area contributed by atoms with Gasteiger partial charge in [-0.2, -0.15) is 0 Å². The Hall–Kier alpha value is -0.220. The van der Waals surface area contributed by atoms with Gasteiger partial charge in [-0.15, -0.1) is 0 Å². The van der Waals surface area contributed by atoms with Gasteiger partial charge in [0.1, 0.15) is 0 Å². The van der Waals surface area contributed by atoms with Crippen LogP contribution in [0.3, 0.4) is 0 Å². The number of rotatable bonds is 10.